The number of hydrogen-bond acceptors (Lipinski definition) is 3. The van der Waals surface area contributed by atoms with Crippen molar-refractivity contribution in [1.29, 1.82) is 0 Å². The maximum atomic E-state index is 9.24. The molecule has 0 saturated heterocycles. The van der Waals surface area contributed by atoms with E-state index in [1.807, 2.05) is 0 Å². The van der Waals surface area contributed by atoms with Gasteiger partial charge in [0, 0.05) is 5.25 Å². The van der Waals surface area contributed by atoms with Gasteiger partial charge >= 0.3 is 0 Å². The first-order valence-electron chi connectivity index (χ1n) is 5.55. The molecule has 14 heavy (non-hydrogen) atoms. The minimum Gasteiger partial charge on any atom is -0.394 e. The van der Waals surface area contributed by atoms with Crippen LogP contribution in [0.5, 0.6) is 0 Å². The largest absolute Gasteiger partial charge is 0.394 e. The Hall–Kier alpha value is 0.270. The molecule has 0 fully saturated rings. The van der Waals surface area contributed by atoms with Crippen molar-refractivity contribution in [2.24, 2.45) is 5.92 Å². The molecule has 0 aromatic carbocycles. The smallest absolute Gasteiger partial charge is 0.0886 e. The van der Waals surface area contributed by atoms with Crippen LogP contribution in [-0.4, -0.2) is 28.2 Å². The van der Waals surface area contributed by atoms with Crippen LogP contribution in [-0.2, 0) is 0 Å². The van der Waals surface area contributed by atoms with Crippen LogP contribution >= 0.6 is 12.6 Å². The van der Waals surface area contributed by atoms with Gasteiger partial charge in [-0.05, 0) is 12.3 Å². The van der Waals surface area contributed by atoms with E-state index in [9.17, 15) is 5.11 Å². The van der Waals surface area contributed by atoms with Gasteiger partial charge in [-0.1, -0.05) is 39.5 Å². The van der Waals surface area contributed by atoms with Crippen LogP contribution in [0.2, 0.25) is 0 Å². The lowest BCUT2D eigenvalue weighted by Crippen LogP contribution is -2.24. The maximum Gasteiger partial charge on any atom is 0.0886 e. The molecule has 0 amide bonds. The summed E-state index contributed by atoms with van der Waals surface area (Å²) < 4.78 is 0. The average Bonchev–Trinajstić information content (AvgIpc) is 2.15. The third-order valence-electron chi connectivity index (χ3n) is 2.41. The second kappa shape index (κ2) is 8.57. The van der Waals surface area contributed by atoms with Gasteiger partial charge in [-0.2, -0.15) is 12.6 Å². The zero-order valence-corrected chi connectivity index (χ0v) is 10.2. The van der Waals surface area contributed by atoms with Crippen LogP contribution < -0.4 is 0 Å². The van der Waals surface area contributed by atoms with Crippen molar-refractivity contribution in [1.82, 2.24) is 0 Å². The van der Waals surface area contributed by atoms with Gasteiger partial charge < -0.3 is 10.2 Å². The van der Waals surface area contributed by atoms with Gasteiger partial charge in [0.1, 0.15) is 0 Å². The summed E-state index contributed by atoms with van der Waals surface area (Å²) in [5.41, 5.74) is 0. The Morgan fingerprint density at radius 3 is 2.14 bits per heavy atom. The van der Waals surface area contributed by atoms with E-state index in [0.717, 1.165) is 18.8 Å². The lowest BCUT2D eigenvalue weighted by atomic mass is 10.0. The van der Waals surface area contributed by atoms with Gasteiger partial charge in [0.25, 0.3) is 0 Å². The van der Waals surface area contributed by atoms with E-state index in [-0.39, 0.29) is 11.9 Å². The number of aliphatic hydroxyl groups is 2. The summed E-state index contributed by atoms with van der Waals surface area (Å²) in [6, 6.07) is 0. The average molecular weight is 220 g/mol. The standard InChI is InChI=1S/C11H24O2S/c1-9(2)6-4-3-5-7-11(14)10(13)8-12/h9-14H,3-8H2,1-2H3. The normalized spacial score (nSPS) is 15.9. The fourth-order valence-corrected chi connectivity index (χ4v) is 1.67. The summed E-state index contributed by atoms with van der Waals surface area (Å²) in [5, 5.41) is 17.9. The van der Waals surface area contributed by atoms with E-state index >= 15 is 0 Å². The van der Waals surface area contributed by atoms with Crippen molar-refractivity contribution in [3.05, 3.63) is 0 Å². The summed E-state index contributed by atoms with van der Waals surface area (Å²) in [6.07, 6.45) is 5.06. The first-order chi connectivity index (χ1) is 6.57. The van der Waals surface area contributed by atoms with E-state index in [0.29, 0.717) is 0 Å². The zero-order valence-electron chi connectivity index (χ0n) is 9.32. The third-order valence-corrected chi connectivity index (χ3v) is 3.01. The second-order valence-corrected chi connectivity index (χ2v) is 5.01. The Kier molecular flexibility index (Phi) is 8.73. The highest BCUT2D eigenvalue weighted by molar-refractivity contribution is 7.81. The number of thiol groups is 1. The van der Waals surface area contributed by atoms with Crippen LogP contribution in [0, 0.1) is 5.92 Å². The SMILES string of the molecule is CC(C)CCCCCC(S)C(O)CO. The molecule has 2 unspecified atom stereocenters. The predicted octanol–water partition coefficient (Wildman–Crippen LogP) is 2.24. The minimum absolute atomic E-state index is 0.0703. The quantitative estimate of drug-likeness (QED) is 0.434. The lowest BCUT2D eigenvalue weighted by Gasteiger charge is -2.15. The summed E-state index contributed by atoms with van der Waals surface area (Å²) >= 11 is 4.24. The van der Waals surface area contributed by atoms with Gasteiger partial charge in [-0.15, -0.1) is 0 Å². The first kappa shape index (κ1) is 14.3. The molecular weight excluding hydrogens is 196 g/mol. The van der Waals surface area contributed by atoms with E-state index in [1.54, 1.807) is 0 Å². The van der Waals surface area contributed by atoms with Crippen molar-refractivity contribution in [3.8, 4) is 0 Å². The van der Waals surface area contributed by atoms with Crippen molar-refractivity contribution in [2.75, 3.05) is 6.61 Å². The Balaban J connectivity index is 3.27. The van der Waals surface area contributed by atoms with E-state index in [2.05, 4.69) is 26.5 Å². The molecule has 0 aliphatic carbocycles. The predicted molar refractivity (Wildman–Crippen MR) is 63.8 cm³/mol. The molecule has 0 bridgehead atoms. The van der Waals surface area contributed by atoms with Gasteiger partial charge in [-0.3, -0.25) is 0 Å². The molecule has 2 nitrogen and oxygen atoms in total. The molecule has 0 radical (unpaired) electrons. The topological polar surface area (TPSA) is 40.5 Å². The van der Waals surface area contributed by atoms with Crippen LogP contribution in [0.4, 0.5) is 0 Å². The van der Waals surface area contributed by atoms with Crippen molar-refractivity contribution in [3.63, 3.8) is 0 Å². The molecule has 0 heterocycles. The highest BCUT2D eigenvalue weighted by Gasteiger charge is 2.12. The molecule has 3 heteroatoms. The fraction of sp³-hybridized carbons (Fsp3) is 1.00. The summed E-state index contributed by atoms with van der Waals surface area (Å²) in [7, 11) is 0. The minimum atomic E-state index is -0.663. The Morgan fingerprint density at radius 2 is 1.64 bits per heavy atom. The fourth-order valence-electron chi connectivity index (χ4n) is 1.40. The number of rotatable bonds is 8. The summed E-state index contributed by atoms with van der Waals surface area (Å²) in [4.78, 5) is 0. The summed E-state index contributed by atoms with van der Waals surface area (Å²) in [5.74, 6) is 0.782. The monoisotopic (exact) mass is 220 g/mol. The molecule has 0 aromatic heterocycles. The molecule has 2 N–H and O–H groups in total. The molecule has 0 spiro atoms. The lowest BCUT2D eigenvalue weighted by molar-refractivity contribution is 0.0911. The second-order valence-electron chi connectivity index (χ2n) is 4.35. The van der Waals surface area contributed by atoms with Crippen LogP contribution in [0.3, 0.4) is 0 Å². The van der Waals surface area contributed by atoms with Gasteiger partial charge in [0.15, 0.2) is 0 Å². The molecule has 0 aromatic rings. The summed E-state index contributed by atoms with van der Waals surface area (Å²) in [6.45, 7) is 4.29. The number of hydrogen-bond donors (Lipinski definition) is 3. The van der Waals surface area contributed by atoms with Crippen molar-refractivity contribution < 1.29 is 10.2 Å². The highest BCUT2D eigenvalue weighted by Crippen LogP contribution is 2.14. The maximum absolute atomic E-state index is 9.24. The molecule has 0 saturated carbocycles. The zero-order chi connectivity index (χ0) is 11.0. The van der Waals surface area contributed by atoms with Crippen LogP contribution in [0.25, 0.3) is 0 Å². The molecule has 0 aliphatic heterocycles. The Labute approximate surface area is 93.1 Å². The Morgan fingerprint density at radius 1 is 1.07 bits per heavy atom. The van der Waals surface area contributed by atoms with Gasteiger partial charge in [-0.25, -0.2) is 0 Å². The molecular formula is C11H24O2S. The van der Waals surface area contributed by atoms with Gasteiger partial charge in [0.2, 0.25) is 0 Å². The molecule has 0 rings (SSSR count). The van der Waals surface area contributed by atoms with E-state index < -0.39 is 6.10 Å². The Bertz CT molecular complexity index is 128. The molecule has 2 atom stereocenters. The molecule has 86 valence electrons. The first-order valence-corrected chi connectivity index (χ1v) is 6.06. The van der Waals surface area contributed by atoms with E-state index in [4.69, 9.17) is 5.11 Å². The highest BCUT2D eigenvalue weighted by atomic mass is 32.1. The van der Waals surface area contributed by atoms with Crippen LogP contribution in [0.1, 0.15) is 46.0 Å². The van der Waals surface area contributed by atoms with Crippen LogP contribution in [0.15, 0.2) is 0 Å². The molecule has 0 aliphatic rings. The third kappa shape index (κ3) is 7.65. The van der Waals surface area contributed by atoms with Crippen molar-refractivity contribution >= 4 is 12.6 Å². The number of unbranched alkanes of at least 4 members (excludes halogenated alkanes) is 2. The number of aliphatic hydroxyl groups excluding tert-OH is 2. The van der Waals surface area contributed by atoms with Gasteiger partial charge in [0.05, 0.1) is 12.7 Å². The van der Waals surface area contributed by atoms with Crippen molar-refractivity contribution in [2.45, 2.75) is 57.3 Å². The van der Waals surface area contributed by atoms with E-state index in [1.165, 1.54) is 19.3 Å².